The van der Waals surface area contributed by atoms with Crippen molar-refractivity contribution in [3.63, 3.8) is 0 Å². The second-order valence-electron chi connectivity index (χ2n) is 8.56. The molecular formula is C29H33ClN2O2S. The summed E-state index contributed by atoms with van der Waals surface area (Å²) in [4.78, 5) is 29.7. The second-order valence-corrected chi connectivity index (χ2v) is 10.2. The fourth-order valence-electron chi connectivity index (χ4n) is 3.86. The first-order valence-corrected chi connectivity index (χ1v) is 13.4. The zero-order valence-electron chi connectivity index (χ0n) is 20.4. The van der Waals surface area contributed by atoms with E-state index in [0.29, 0.717) is 36.7 Å². The zero-order valence-corrected chi connectivity index (χ0v) is 21.9. The van der Waals surface area contributed by atoms with Gasteiger partial charge in [-0.3, -0.25) is 9.59 Å². The molecule has 4 nitrogen and oxygen atoms in total. The summed E-state index contributed by atoms with van der Waals surface area (Å²) in [5.74, 6) is 0.488. The highest BCUT2D eigenvalue weighted by atomic mass is 35.5. The molecule has 35 heavy (non-hydrogen) atoms. The Morgan fingerprint density at radius 3 is 2.37 bits per heavy atom. The lowest BCUT2D eigenvalue weighted by Gasteiger charge is -2.31. The minimum atomic E-state index is -0.586. The topological polar surface area (TPSA) is 49.4 Å². The summed E-state index contributed by atoms with van der Waals surface area (Å²) in [5, 5.41) is 3.71. The number of nitrogens with zero attached hydrogens (tertiary/aromatic N) is 1. The molecule has 0 fully saturated rings. The zero-order chi connectivity index (χ0) is 25.0. The summed E-state index contributed by atoms with van der Waals surface area (Å²) in [7, 11) is 0. The van der Waals surface area contributed by atoms with Gasteiger partial charge in [0.05, 0.1) is 0 Å². The van der Waals surface area contributed by atoms with Crippen LogP contribution in [-0.4, -0.2) is 35.1 Å². The summed E-state index contributed by atoms with van der Waals surface area (Å²) < 4.78 is 0. The average Bonchev–Trinajstić information content (AvgIpc) is 2.86. The fraction of sp³-hybridized carbons (Fsp3) is 0.310. The Morgan fingerprint density at radius 2 is 1.69 bits per heavy atom. The summed E-state index contributed by atoms with van der Waals surface area (Å²) in [5.41, 5.74) is 3.18. The molecule has 1 atom stereocenters. The molecule has 0 aliphatic carbocycles. The predicted octanol–water partition coefficient (Wildman–Crippen LogP) is 6.30. The molecule has 1 unspecified atom stereocenters. The van der Waals surface area contributed by atoms with Gasteiger partial charge in [0.1, 0.15) is 6.04 Å². The monoisotopic (exact) mass is 508 g/mol. The number of carbonyl (C=O) groups excluding carboxylic acids is 2. The van der Waals surface area contributed by atoms with E-state index >= 15 is 0 Å². The molecule has 3 aromatic rings. The predicted molar refractivity (Wildman–Crippen MR) is 146 cm³/mol. The van der Waals surface area contributed by atoms with Crippen LogP contribution in [0.15, 0.2) is 83.8 Å². The van der Waals surface area contributed by atoms with E-state index in [1.807, 2.05) is 86.6 Å². The van der Waals surface area contributed by atoms with Gasteiger partial charge in [-0.05, 0) is 48.7 Å². The van der Waals surface area contributed by atoms with Gasteiger partial charge < -0.3 is 10.2 Å². The number of rotatable bonds is 12. The van der Waals surface area contributed by atoms with Crippen molar-refractivity contribution in [2.75, 3.05) is 12.3 Å². The highest BCUT2D eigenvalue weighted by Gasteiger charge is 2.30. The van der Waals surface area contributed by atoms with E-state index in [-0.39, 0.29) is 11.8 Å². The number of hydrogen-bond donors (Lipinski definition) is 1. The Hall–Kier alpha value is -2.76. The van der Waals surface area contributed by atoms with E-state index in [1.165, 1.54) is 0 Å². The first kappa shape index (κ1) is 26.8. The highest BCUT2D eigenvalue weighted by Crippen LogP contribution is 2.23. The molecule has 0 saturated carbocycles. The van der Waals surface area contributed by atoms with Crippen molar-refractivity contribution < 1.29 is 9.59 Å². The maximum absolute atomic E-state index is 13.6. The summed E-state index contributed by atoms with van der Waals surface area (Å²) >= 11 is 7.60. The Balaban J connectivity index is 1.82. The molecule has 2 amide bonds. The van der Waals surface area contributed by atoms with E-state index in [0.717, 1.165) is 28.0 Å². The highest BCUT2D eigenvalue weighted by molar-refractivity contribution is 7.99. The Bertz CT molecular complexity index is 1090. The summed E-state index contributed by atoms with van der Waals surface area (Å²) in [6.07, 6.45) is 1.65. The lowest BCUT2D eigenvalue weighted by molar-refractivity contribution is -0.141. The van der Waals surface area contributed by atoms with Crippen LogP contribution in [0.5, 0.6) is 0 Å². The average molecular weight is 509 g/mol. The van der Waals surface area contributed by atoms with Crippen LogP contribution in [0.3, 0.4) is 0 Å². The fourth-order valence-corrected chi connectivity index (χ4v) is 4.82. The number of benzene rings is 3. The molecule has 0 radical (unpaired) electrons. The number of thioether (sulfide) groups is 1. The molecule has 3 rings (SSSR count). The van der Waals surface area contributed by atoms with E-state index in [9.17, 15) is 9.59 Å². The quantitative estimate of drug-likeness (QED) is 0.292. The molecule has 0 bridgehead atoms. The largest absolute Gasteiger partial charge is 0.354 e. The van der Waals surface area contributed by atoms with Crippen LogP contribution in [0.2, 0.25) is 5.02 Å². The third kappa shape index (κ3) is 8.75. The minimum absolute atomic E-state index is 0.0273. The van der Waals surface area contributed by atoms with E-state index in [4.69, 9.17) is 11.6 Å². The number of halogens is 1. The maximum atomic E-state index is 13.6. The SMILES string of the molecule is CCCNC(=O)C(Cc1ccccc1)N(Cc1cccc(C)c1)C(=O)CCSc1ccc(Cl)cc1. The lowest BCUT2D eigenvalue weighted by atomic mass is 10.0. The molecule has 3 aromatic carbocycles. The number of aryl methyl sites for hydroxylation is 1. The van der Waals surface area contributed by atoms with Crippen molar-refractivity contribution in [2.24, 2.45) is 0 Å². The molecule has 184 valence electrons. The minimum Gasteiger partial charge on any atom is -0.354 e. The van der Waals surface area contributed by atoms with Crippen LogP contribution in [0.4, 0.5) is 0 Å². The molecular weight excluding hydrogens is 476 g/mol. The van der Waals surface area contributed by atoms with Gasteiger partial charge in [-0.15, -0.1) is 11.8 Å². The molecule has 0 aromatic heterocycles. The molecule has 0 heterocycles. The van der Waals surface area contributed by atoms with Crippen molar-refractivity contribution in [1.82, 2.24) is 10.2 Å². The molecule has 1 N–H and O–H groups in total. The maximum Gasteiger partial charge on any atom is 0.243 e. The van der Waals surface area contributed by atoms with Crippen LogP contribution in [0.1, 0.15) is 36.5 Å². The van der Waals surface area contributed by atoms with E-state index in [1.54, 1.807) is 16.7 Å². The molecule has 0 saturated heterocycles. The molecule has 0 aliphatic heterocycles. The smallest absolute Gasteiger partial charge is 0.243 e. The normalized spacial score (nSPS) is 11.6. The Kier molecular flexibility index (Phi) is 10.7. The van der Waals surface area contributed by atoms with Gasteiger partial charge in [0.15, 0.2) is 0 Å². The number of carbonyl (C=O) groups is 2. The Morgan fingerprint density at radius 1 is 0.971 bits per heavy atom. The first-order valence-electron chi connectivity index (χ1n) is 12.0. The van der Waals surface area contributed by atoms with Crippen LogP contribution >= 0.6 is 23.4 Å². The number of amides is 2. The van der Waals surface area contributed by atoms with Crippen molar-refractivity contribution >= 4 is 35.2 Å². The molecule has 0 spiro atoms. The van der Waals surface area contributed by atoms with Crippen LogP contribution in [-0.2, 0) is 22.6 Å². The van der Waals surface area contributed by atoms with Gasteiger partial charge in [0.2, 0.25) is 11.8 Å². The summed E-state index contributed by atoms with van der Waals surface area (Å²) in [6, 6.07) is 25.0. The van der Waals surface area contributed by atoms with Crippen LogP contribution in [0.25, 0.3) is 0 Å². The first-order chi connectivity index (χ1) is 17.0. The summed E-state index contributed by atoms with van der Waals surface area (Å²) in [6.45, 7) is 5.04. The number of hydrogen-bond acceptors (Lipinski definition) is 3. The molecule has 6 heteroatoms. The van der Waals surface area contributed by atoms with Crippen molar-refractivity contribution in [2.45, 2.75) is 50.6 Å². The van der Waals surface area contributed by atoms with E-state index < -0.39 is 6.04 Å². The van der Waals surface area contributed by atoms with Gasteiger partial charge in [-0.1, -0.05) is 78.7 Å². The van der Waals surface area contributed by atoms with Crippen LogP contribution in [0, 0.1) is 6.92 Å². The van der Waals surface area contributed by atoms with Gasteiger partial charge in [0, 0.05) is 41.6 Å². The second kappa shape index (κ2) is 14.0. The third-order valence-electron chi connectivity index (χ3n) is 5.65. The van der Waals surface area contributed by atoms with Crippen molar-refractivity contribution in [1.29, 1.82) is 0 Å². The van der Waals surface area contributed by atoms with Gasteiger partial charge >= 0.3 is 0 Å². The van der Waals surface area contributed by atoms with Gasteiger partial charge in [-0.2, -0.15) is 0 Å². The van der Waals surface area contributed by atoms with Gasteiger partial charge in [-0.25, -0.2) is 0 Å². The lowest BCUT2D eigenvalue weighted by Crippen LogP contribution is -2.50. The van der Waals surface area contributed by atoms with Crippen LogP contribution < -0.4 is 5.32 Å². The van der Waals surface area contributed by atoms with Gasteiger partial charge in [0.25, 0.3) is 0 Å². The Labute approximate surface area is 218 Å². The van der Waals surface area contributed by atoms with Crippen molar-refractivity contribution in [3.8, 4) is 0 Å². The third-order valence-corrected chi connectivity index (χ3v) is 6.92. The van der Waals surface area contributed by atoms with Crippen molar-refractivity contribution in [3.05, 3.63) is 101 Å². The molecule has 0 aliphatic rings. The standard InChI is InChI=1S/C29H33ClN2O2S/c1-3-17-31-29(34)27(20-23-9-5-4-6-10-23)32(21-24-11-7-8-22(2)19-24)28(33)16-18-35-26-14-12-25(30)13-15-26/h4-15,19,27H,3,16-18,20-21H2,1-2H3,(H,31,34). The number of nitrogens with one attached hydrogen (secondary N) is 1. The van der Waals surface area contributed by atoms with E-state index in [2.05, 4.69) is 11.4 Å².